The number of halogens is 1. The van der Waals surface area contributed by atoms with Crippen LogP contribution in [0, 0.1) is 25.6 Å². The van der Waals surface area contributed by atoms with Crippen LogP contribution < -0.4 is 5.32 Å². The second-order valence-electron chi connectivity index (χ2n) is 9.61. The maximum atomic E-state index is 13.6. The second-order valence-corrected chi connectivity index (χ2v) is 9.61. The van der Waals surface area contributed by atoms with Crippen LogP contribution in [0.5, 0.6) is 0 Å². The molecular formula is C26H32FN5O. The first-order valence-electron chi connectivity index (χ1n) is 12.1. The van der Waals surface area contributed by atoms with Crippen molar-refractivity contribution in [3.8, 4) is 0 Å². The van der Waals surface area contributed by atoms with Gasteiger partial charge in [-0.2, -0.15) is 5.10 Å². The number of rotatable bonds is 8. The van der Waals surface area contributed by atoms with Gasteiger partial charge in [0.2, 0.25) is 5.91 Å². The molecule has 0 unspecified atom stereocenters. The largest absolute Gasteiger partial charge is 0.356 e. The number of hydrogen-bond donors (Lipinski definition) is 1. The van der Waals surface area contributed by atoms with Gasteiger partial charge in [0.1, 0.15) is 5.82 Å². The molecule has 1 saturated heterocycles. The van der Waals surface area contributed by atoms with Crippen molar-refractivity contribution in [1.29, 1.82) is 0 Å². The summed E-state index contributed by atoms with van der Waals surface area (Å²) in [6.45, 7) is 6.58. The molecule has 1 aliphatic carbocycles. The number of likely N-dealkylation sites (tertiary alicyclic amines) is 1. The highest BCUT2D eigenvalue weighted by Gasteiger charge is 2.29. The highest BCUT2D eigenvalue weighted by atomic mass is 19.1. The van der Waals surface area contributed by atoms with E-state index in [2.05, 4.69) is 23.2 Å². The van der Waals surface area contributed by atoms with Gasteiger partial charge in [-0.05, 0) is 81.7 Å². The molecule has 0 spiro atoms. The molecule has 1 amide bonds. The third-order valence-electron chi connectivity index (χ3n) is 7.05. The predicted octanol–water partition coefficient (Wildman–Crippen LogP) is 4.28. The fraction of sp³-hybridized carbons (Fsp3) is 0.500. The molecule has 2 aromatic heterocycles. The first-order chi connectivity index (χ1) is 16.0. The second kappa shape index (κ2) is 9.21. The van der Waals surface area contributed by atoms with E-state index in [0.717, 1.165) is 59.8 Å². The van der Waals surface area contributed by atoms with E-state index in [0.29, 0.717) is 25.3 Å². The number of carbonyl (C=O) groups is 1. The van der Waals surface area contributed by atoms with Crippen molar-refractivity contribution < 1.29 is 9.18 Å². The van der Waals surface area contributed by atoms with Crippen LogP contribution in [0.1, 0.15) is 66.4 Å². The average molecular weight is 450 g/mol. The van der Waals surface area contributed by atoms with Crippen LogP contribution in [0.4, 0.5) is 4.39 Å². The Morgan fingerprint density at radius 2 is 2.06 bits per heavy atom. The lowest BCUT2D eigenvalue weighted by atomic mass is 10.1. The summed E-state index contributed by atoms with van der Waals surface area (Å²) in [5.41, 5.74) is 5.95. The molecule has 1 saturated carbocycles. The number of benzene rings is 1. The minimum atomic E-state index is -0.194. The van der Waals surface area contributed by atoms with E-state index in [-0.39, 0.29) is 17.8 Å². The Labute approximate surface area is 194 Å². The zero-order valence-corrected chi connectivity index (χ0v) is 19.5. The number of amides is 1. The van der Waals surface area contributed by atoms with Crippen LogP contribution in [0.2, 0.25) is 0 Å². The number of aryl methyl sites for hydroxylation is 2. The molecule has 3 heterocycles. The van der Waals surface area contributed by atoms with E-state index in [9.17, 15) is 9.18 Å². The Bertz CT molecular complexity index is 1170. The number of aromatic nitrogens is 3. The van der Waals surface area contributed by atoms with E-state index in [1.54, 1.807) is 12.1 Å². The normalized spacial score (nSPS) is 18.8. The Kier molecular flexibility index (Phi) is 6.15. The van der Waals surface area contributed by atoms with Crippen LogP contribution in [-0.2, 0) is 17.8 Å². The van der Waals surface area contributed by atoms with Gasteiger partial charge in [0.15, 0.2) is 5.65 Å². The topological polar surface area (TPSA) is 62.5 Å². The van der Waals surface area contributed by atoms with Gasteiger partial charge in [0, 0.05) is 37.0 Å². The van der Waals surface area contributed by atoms with Crippen molar-refractivity contribution >= 4 is 11.6 Å². The Balaban J connectivity index is 1.33. The average Bonchev–Trinajstić information content (AvgIpc) is 3.34. The van der Waals surface area contributed by atoms with Crippen LogP contribution in [0.3, 0.4) is 0 Å². The monoisotopic (exact) mass is 449 g/mol. The van der Waals surface area contributed by atoms with Crippen molar-refractivity contribution in [1.82, 2.24) is 24.8 Å². The Morgan fingerprint density at radius 1 is 1.21 bits per heavy atom. The summed E-state index contributed by atoms with van der Waals surface area (Å²) < 4.78 is 15.6. The quantitative estimate of drug-likeness (QED) is 0.558. The predicted molar refractivity (Wildman–Crippen MR) is 125 cm³/mol. The minimum absolute atomic E-state index is 0.112. The van der Waals surface area contributed by atoms with Crippen LogP contribution in [0.25, 0.3) is 5.65 Å². The van der Waals surface area contributed by atoms with Crippen molar-refractivity contribution in [3.05, 3.63) is 64.4 Å². The van der Waals surface area contributed by atoms with E-state index >= 15 is 0 Å². The third kappa shape index (κ3) is 4.93. The summed E-state index contributed by atoms with van der Waals surface area (Å²) in [4.78, 5) is 19.4. The van der Waals surface area contributed by atoms with E-state index in [1.807, 2.05) is 17.5 Å². The standard InChI is InChI=1S/C26H32FN5O/c1-17-22(10-11-26(33)28-15-19-8-9-19)18(2)32-25(29-17)14-23(30-32)24-7-4-12-31(24)16-20-5-3-6-21(27)13-20/h3,5-6,13-14,19,24H,4,7-12,15-16H2,1-2H3,(H,28,33)/t24-/m1/s1. The lowest BCUT2D eigenvalue weighted by Crippen LogP contribution is -2.26. The molecular weight excluding hydrogens is 417 g/mol. The van der Waals surface area contributed by atoms with Crippen molar-refractivity contribution in [2.24, 2.45) is 5.92 Å². The van der Waals surface area contributed by atoms with Gasteiger partial charge in [-0.15, -0.1) is 0 Å². The smallest absolute Gasteiger partial charge is 0.220 e. The summed E-state index contributed by atoms with van der Waals surface area (Å²) in [7, 11) is 0. The molecule has 1 aliphatic heterocycles. The first-order valence-corrected chi connectivity index (χ1v) is 12.1. The number of fused-ring (bicyclic) bond motifs is 1. The SMILES string of the molecule is Cc1nc2cc([C@H]3CCCN3Cc3cccc(F)c3)nn2c(C)c1CCC(=O)NCC1CC1. The van der Waals surface area contributed by atoms with Crippen molar-refractivity contribution in [3.63, 3.8) is 0 Å². The first kappa shape index (κ1) is 22.0. The van der Waals surface area contributed by atoms with E-state index < -0.39 is 0 Å². The summed E-state index contributed by atoms with van der Waals surface area (Å²) in [5, 5.41) is 7.99. The van der Waals surface area contributed by atoms with Gasteiger partial charge in [-0.1, -0.05) is 12.1 Å². The Morgan fingerprint density at radius 3 is 2.85 bits per heavy atom. The highest BCUT2D eigenvalue weighted by molar-refractivity contribution is 5.76. The molecule has 7 heteroatoms. The molecule has 5 rings (SSSR count). The zero-order chi connectivity index (χ0) is 22.9. The number of nitrogens with zero attached hydrogens (tertiary/aromatic N) is 4. The van der Waals surface area contributed by atoms with Gasteiger partial charge < -0.3 is 5.32 Å². The molecule has 1 aromatic carbocycles. The van der Waals surface area contributed by atoms with Gasteiger partial charge in [-0.25, -0.2) is 13.9 Å². The highest BCUT2D eigenvalue weighted by Crippen LogP contribution is 2.33. The minimum Gasteiger partial charge on any atom is -0.356 e. The number of nitrogens with one attached hydrogen (secondary N) is 1. The van der Waals surface area contributed by atoms with Gasteiger partial charge >= 0.3 is 0 Å². The van der Waals surface area contributed by atoms with Gasteiger partial charge in [-0.3, -0.25) is 9.69 Å². The zero-order valence-electron chi connectivity index (χ0n) is 19.5. The molecule has 0 radical (unpaired) electrons. The molecule has 1 N–H and O–H groups in total. The molecule has 1 atom stereocenters. The maximum absolute atomic E-state index is 13.6. The summed E-state index contributed by atoms with van der Waals surface area (Å²) in [6.07, 6.45) is 5.75. The van der Waals surface area contributed by atoms with Crippen LogP contribution >= 0.6 is 0 Å². The fourth-order valence-electron chi connectivity index (χ4n) is 5.00. The van der Waals surface area contributed by atoms with E-state index in [1.165, 1.54) is 18.9 Å². The molecule has 2 aliphatic rings. The van der Waals surface area contributed by atoms with Gasteiger partial charge in [0.05, 0.1) is 11.7 Å². The molecule has 6 nitrogen and oxygen atoms in total. The number of carbonyl (C=O) groups excluding carboxylic acids is 1. The third-order valence-corrected chi connectivity index (χ3v) is 7.05. The molecule has 33 heavy (non-hydrogen) atoms. The summed E-state index contributed by atoms with van der Waals surface area (Å²) in [6, 6.07) is 9.13. The molecule has 3 aromatic rings. The maximum Gasteiger partial charge on any atom is 0.220 e. The van der Waals surface area contributed by atoms with Crippen LogP contribution in [0.15, 0.2) is 30.3 Å². The van der Waals surface area contributed by atoms with E-state index in [4.69, 9.17) is 10.1 Å². The lowest BCUT2D eigenvalue weighted by Gasteiger charge is -2.23. The van der Waals surface area contributed by atoms with Crippen molar-refractivity contribution in [2.45, 2.75) is 65.0 Å². The van der Waals surface area contributed by atoms with Crippen molar-refractivity contribution in [2.75, 3.05) is 13.1 Å². The summed E-state index contributed by atoms with van der Waals surface area (Å²) >= 11 is 0. The number of hydrogen-bond acceptors (Lipinski definition) is 4. The Hall–Kier alpha value is -2.80. The molecule has 2 fully saturated rings. The fourth-order valence-corrected chi connectivity index (χ4v) is 5.00. The van der Waals surface area contributed by atoms with Gasteiger partial charge in [0.25, 0.3) is 0 Å². The molecule has 174 valence electrons. The molecule has 0 bridgehead atoms. The van der Waals surface area contributed by atoms with Crippen LogP contribution in [-0.4, -0.2) is 38.5 Å². The summed E-state index contributed by atoms with van der Waals surface area (Å²) in [5.74, 6) is 0.606. The lowest BCUT2D eigenvalue weighted by molar-refractivity contribution is -0.121.